The molecule has 1 heterocycles. The van der Waals surface area contributed by atoms with Crippen LogP contribution >= 0.6 is 0 Å². The van der Waals surface area contributed by atoms with Crippen molar-refractivity contribution in [3.05, 3.63) is 42.0 Å². The molecule has 5 atom stereocenters. The van der Waals surface area contributed by atoms with Crippen molar-refractivity contribution in [3.63, 3.8) is 0 Å². The Labute approximate surface area is 133 Å². The maximum absolute atomic E-state index is 10.0. The molecule has 23 heavy (non-hydrogen) atoms. The van der Waals surface area contributed by atoms with E-state index in [1.807, 2.05) is 31.2 Å². The van der Waals surface area contributed by atoms with Gasteiger partial charge in [-0.15, -0.1) is 0 Å². The van der Waals surface area contributed by atoms with Crippen LogP contribution in [0.3, 0.4) is 0 Å². The van der Waals surface area contributed by atoms with E-state index in [1.54, 1.807) is 6.07 Å². The monoisotopic (exact) mass is 320 g/mol. The molecule has 2 aromatic rings. The molecule has 0 aromatic heterocycles. The normalized spacial score (nSPS) is 31.3. The van der Waals surface area contributed by atoms with E-state index in [4.69, 9.17) is 14.2 Å². The van der Waals surface area contributed by atoms with E-state index in [9.17, 15) is 15.3 Å². The van der Waals surface area contributed by atoms with Gasteiger partial charge in [0.25, 0.3) is 0 Å². The molecule has 0 bridgehead atoms. The Morgan fingerprint density at radius 1 is 0.870 bits per heavy atom. The summed E-state index contributed by atoms with van der Waals surface area (Å²) in [5.74, 6) is 0.490. The summed E-state index contributed by atoms with van der Waals surface area (Å²) in [5.41, 5.74) is 1.16. The zero-order valence-electron chi connectivity index (χ0n) is 12.9. The second-order valence-electron chi connectivity index (χ2n) is 5.71. The van der Waals surface area contributed by atoms with Crippen LogP contribution in [0, 0.1) is 6.92 Å². The number of aryl methyl sites for hydroxylation is 1. The van der Waals surface area contributed by atoms with Crippen LogP contribution in [0.15, 0.2) is 36.4 Å². The van der Waals surface area contributed by atoms with E-state index in [2.05, 4.69) is 6.07 Å². The van der Waals surface area contributed by atoms with Gasteiger partial charge in [0.1, 0.15) is 24.1 Å². The third-order valence-corrected chi connectivity index (χ3v) is 3.98. The van der Waals surface area contributed by atoms with Gasteiger partial charge in [-0.2, -0.15) is 0 Å². The number of rotatable bonds is 3. The second kappa shape index (κ2) is 6.43. The summed E-state index contributed by atoms with van der Waals surface area (Å²) in [5, 5.41) is 31.7. The summed E-state index contributed by atoms with van der Waals surface area (Å²) < 4.78 is 15.9. The Kier molecular flexibility index (Phi) is 4.52. The molecule has 0 saturated carbocycles. The lowest BCUT2D eigenvalue weighted by molar-refractivity contribution is -0.327. The maximum Gasteiger partial charge on any atom is 0.231 e. The average Bonchev–Trinajstić information content (AvgIpc) is 2.55. The van der Waals surface area contributed by atoms with Crippen LogP contribution in [0.4, 0.5) is 0 Å². The number of methoxy groups -OCH3 is 1. The quantitative estimate of drug-likeness (QED) is 0.780. The van der Waals surface area contributed by atoms with Crippen LogP contribution in [-0.2, 0) is 9.47 Å². The molecule has 0 aliphatic carbocycles. The third kappa shape index (κ3) is 3.17. The lowest BCUT2D eigenvalue weighted by Crippen LogP contribution is -2.59. The molecule has 3 rings (SSSR count). The van der Waals surface area contributed by atoms with Crippen molar-refractivity contribution >= 4 is 10.8 Å². The van der Waals surface area contributed by atoms with Crippen molar-refractivity contribution in [1.82, 2.24) is 0 Å². The van der Waals surface area contributed by atoms with E-state index in [-0.39, 0.29) is 0 Å². The van der Waals surface area contributed by atoms with Crippen LogP contribution in [0.25, 0.3) is 10.8 Å². The molecular weight excluding hydrogens is 300 g/mol. The standard InChI is InChI=1S/C17H20O6/c1-9-3-4-11-8-12(6-5-10(11)7-9)22-17-15(20)13(18)14(19)16(21-2)23-17/h3-8,13-20H,1-2H3/t13-,14-,15+,16-,17+/m0/s1. The summed E-state index contributed by atoms with van der Waals surface area (Å²) in [6.07, 6.45) is -6.34. The van der Waals surface area contributed by atoms with E-state index in [1.165, 1.54) is 7.11 Å². The van der Waals surface area contributed by atoms with Gasteiger partial charge < -0.3 is 29.5 Å². The molecule has 1 fully saturated rings. The first-order chi connectivity index (χ1) is 11.0. The largest absolute Gasteiger partial charge is 0.462 e. The zero-order chi connectivity index (χ0) is 16.6. The Bertz CT molecular complexity index is 686. The summed E-state index contributed by atoms with van der Waals surface area (Å²) in [6, 6.07) is 11.5. The lowest BCUT2D eigenvalue weighted by Gasteiger charge is -2.39. The number of aliphatic hydroxyl groups excluding tert-OH is 3. The fourth-order valence-electron chi connectivity index (χ4n) is 2.66. The smallest absolute Gasteiger partial charge is 0.231 e. The van der Waals surface area contributed by atoms with Crippen molar-refractivity contribution < 1.29 is 29.5 Å². The lowest BCUT2D eigenvalue weighted by atomic mass is 10.0. The Hall–Kier alpha value is -1.70. The Morgan fingerprint density at radius 3 is 2.26 bits per heavy atom. The molecule has 1 aliphatic heterocycles. The average molecular weight is 320 g/mol. The molecule has 0 spiro atoms. The minimum atomic E-state index is -1.41. The fourth-order valence-corrected chi connectivity index (χ4v) is 2.66. The molecule has 6 heteroatoms. The maximum atomic E-state index is 10.0. The first kappa shape index (κ1) is 16.2. The molecule has 1 saturated heterocycles. The predicted molar refractivity (Wildman–Crippen MR) is 83.0 cm³/mol. The highest BCUT2D eigenvalue weighted by atomic mass is 16.8. The van der Waals surface area contributed by atoms with Gasteiger partial charge in [-0.1, -0.05) is 29.8 Å². The highest BCUT2D eigenvalue weighted by Crippen LogP contribution is 2.27. The zero-order valence-corrected chi connectivity index (χ0v) is 12.9. The van der Waals surface area contributed by atoms with Gasteiger partial charge in [0.2, 0.25) is 6.29 Å². The van der Waals surface area contributed by atoms with Crippen LogP contribution in [0.2, 0.25) is 0 Å². The van der Waals surface area contributed by atoms with Gasteiger partial charge >= 0.3 is 0 Å². The van der Waals surface area contributed by atoms with E-state index in [0.29, 0.717) is 5.75 Å². The topological polar surface area (TPSA) is 88.4 Å². The molecule has 3 N–H and O–H groups in total. The molecule has 6 nitrogen and oxygen atoms in total. The minimum Gasteiger partial charge on any atom is -0.462 e. The van der Waals surface area contributed by atoms with Crippen LogP contribution in [-0.4, -0.2) is 53.3 Å². The first-order valence-corrected chi connectivity index (χ1v) is 7.39. The van der Waals surface area contributed by atoms with E-state index in [0.717, 1.165) is 16.3 Å². The van der Waals surface area contributed by atoms with E-state index >= 15 is 0 Å². The first-order valence-electron chi connectivity index (χ1n) is 7.39. The molecule has 2 aromatic carbocycles. The Balaban J connectivity index is 1.81. The van der Waals surface area contributed by atoms with Crippen LogP contribution in [0.1, 0.15) is 5.56 Å². The SMILES string of the molecule is CO[C@H]1O[C@@H](Oc2ccc3cc(C)ccc3c2)[C@H](O)[C@@H](O)[C@@H]1O. The van der Waals surface area contributed by atoms with E-state index < -0.39 is 30.9 Å². The van der Waals surface area contributed by atoms with Gasteiger partial charge in [-0.25, -0.2) is 0 Å². The van der Waals surface area contributed by atoms with Crippen molar-refractivity contribution in [2.45, 2.75) is 37.8 Å². The van der Waals surface area contributed by atoms with Gasteiger partial charge in [0.15, 0.2) is 6.29 Å². The molecule has 0 unspecified atom stereocenters. The van der Waals surface area contributed by atoms with Gasteiger partial charge in [0, 0.05) is 7.11 Å². The molecule has 1 aliphatic rings. The number of fused-ring (bicyclic) bond motifs is 1. The summed E-state index contributed by atoms with van der Waals surface area (Å²) in [6.45, 7) is 2.02. The minimum absolute atomic E-state index is 0.490. The number of hydrogen-bond donors (Lipinski definition) is 3. The molecule has 0 radical (unpaired) electrons. The Morgan fingerprint density at radius 2 is 1.52 bits per heavy atom. The molecular formula is C17H20O6. The van der Waals surface area contributed by atoms with Crippen molar-refractivity contribution in [3.8, 4) is 5.75 Å². The number of benzene rings is 2. The third-order valence-electron chi connectivity index (χ3n) is 3.98. The van der Waals surface area contributed by atoms with Crippen LogP contribution < -0.4 is 4.74 Å². The summed E-state index contributed by atoms with van der Waals surface area (Å²) in [4.78, 5) is 0. The molecule has 124 valence electrons. The number of hydrogen-bond acceptors (Lipinski definition) is 6. The van der Waals surface area contributed by atoms with Crippen molar-refractivity contribution in [1.29, 1.82) is 0 Å². The summed E-state index contributed by atoms with van der Waals surface area (Å²) in [7, 11) is 1.34. The van der Waals surface area contributed by atoms with Crippen LogP contribution in [0.5, 0.6) is 5.75 Å². The van der Waals surface area contributed by atoms with Crippen molar-refractivity contribution in [2.75, 3.05) is 7.11 Å². The fraction of sp³-hybridized carbons (Fsp3) is 0.412. The van der Waals surface area contributed by atoms with Crippen molar-refractivity contribution in [2.24, 2.45) is 0 Å². The highest BCUT2D eigenvalue weighted by molar-refractivity contribution is 5.84. The molecule has 0 amide bonds. The number of ether oxygens (including phenoxy) is 3. The van der Waals surface area contributed by atoms with Gasteiger partial charge in [-0.05, 0) is 29.8 Å². The predicted octanol–water partition coefficient (Wildman–Crippen LogP) is 0.939. The van der Waals surface area contributed by atoms with Gasteiger partial charge in [-0.3, -0.25) is 0 Å². The second-order valence-corrected chi connectivity index (χ2v) is 5.71. The number of aliphatic hydroxyl groups is 3. The highest BCUT2D eigenvalue weighted by Gasteiger charge is 2.45. The van der Waals surface area contributed by atoms with Gasteiger partial charge in [0.05, 0.1) is 0 Å². The summed E-state index contributed by atoms with van der Waals surface area (Å²) >= 11 is 0.